The number of nitrogens with one attached hydrogen (secondary N) is 1. The molecule has 6 nitrogen and oxygen atoms in total. The summed E-state index contributed by atoms with van der Waals surface area (Å²) in [5.74, 6) is -0.0797. The van der Waals surface area contributed by atoms with Crippen LogP contribution in [0.2, 0.25) is 0 Å². The Bertz CT molecular complexity index is 802. The number of anilines is 2. The fraction of sp³-hybridized carbons (Fsp3) is 0.300. The average Bonchev–Trinajstić information content (AvgIpc) is 2.67. The second-order valence-electron chi connectivity index (χ2n) is 6.33. The molecule has 1 fully saturated rings. The van der Waals surface area contributed by atoms with Gasteiger partial charge in [-0.25, -0.2) is 4.39 Å². The number of carbonyl (C=O) groups is 2. The highest BCUT2D eigenvalue weighted by molar-refractivity contribution is 5.91. The fourth-order valence-corrected chi connectivity index (χ4v) is 2.94. The van der Waals surface area contributed by atoms with Gasteiger partial charge in [0.05, 0.1) is 0 Å². The van der Waals surface area contributed by atoms with Crippen LogP contribution < -0.4 is 15.0 Å². The topological polar surface area (TPSA) is 61.9 Å². The monoisotopic (exact) mass is 371 g/mol. The summed E-state index contributed by atoms with van der Waals surface area (Å²) in [6.07, 6.45) is 0. The zero-order chi connectivity index (χ0) is 19.2. The molecular formula is C20H22FN3O3. The minimum Gasteiger partial charge on any atom is -0.484 e. The van der Waals surface area contributed by atoms with Crippen molar-refractivity contribution in [2.45, 2.75) is 6.92 Å². The molecule has 1 N–H and O–H groups in total. The van der Waals surface area contributed by atoms with Crippen LogP contribution in [-0.4, -0.2) is 49.5 Å². The van der Waals surface area contributed by atoms with E-state index < -0.39 is 5.82 Å². The molecule has 1 heterocycles. The van der Waals surface area contributed by atoms with Gasteiger partial charge in [-0.15, -0.1) is 0 Å². The first-order valence-corrected chi connectivity index (χ1v) is 8.80. The number of hydrogen-bond acceptors (Lipinski definition) is 4. The first-order chi connectivity index (χ1) is 13.0. The van der Waals surface area contributed by atoms with Gasteiger partial charge in [0.1, 0.15) is 11.6 Å². The molecule has 0 saturated carbocycles. The Kier molecular flexibility index (Phi) is 5.90. The van der Waals surface area contributed by atoms with Gasteiger partial charge in [0, 0.05) is 44.5 Å². The maximum atomic E-state index is 13.1. The molecule has 2 amide bonds. The Morgan fingerprint density at radius 3 is 2.41 bits per heavy atom. The number of piperazine rings is 1. The first kappa shape index (κ1) is 18.7. The number of amides is 2. The first-order valence-electron chi connectivity index (χ1n) is 8.80. The number of carbonyl (C=O) groups excluding carboxylic acids is 2. The third-order valence-electron chi connectivity index (χ3n) is 4.41. The van der Waals surface area contributed by atoms with Crippen molar-refractivity contribution in [1.82, 2.24) is 4.90 Å². The summed E-state index contributed by atoms with van der Waals surface area (Å²) >= 11 is 0. The second-order valence-corrected chi connectivity index (χ2v) is 6.33. The highest BCUT2D eigenvalue weighted by Crippen LogP contribution is 2.21. The highest BCUT2D eigenvalue weighted by Gasteiger charge is 2.18. The zero-order valence-electron chi connectivity index (χ0n) is 15.2. The van der Waals surface area contributed by atoms with Crippen molar-refractivity contribution in [2.24, 2.45) is 0 Å². The number of nitrogens with zero attached hydrogens (tertiary/aromatic N) is 2. The molecule has 27 heavy (non-hydrogen) atoms. The Morgan fingerprint density at radius 1 is 1.07 bits per heavy atom. The minimum atomic E-state index is -0.409. The summed E-state index contributed by atoms with van der Waals surface area (Å²) in [7, 11) is 0. The predicted molar refractivity (Wildman–Crippen MR) is 101 cm³/mol. The lowest BCUT2D eigenvalue weighted by atomic mass is 10.2. The summed E-state index contributed by atoms with van der Waals surface area (Å²) in [6.45, 7) is 4.44. The average molecular weight is 371 g/mol. The van der Waals surface area contributed by atoms with Crippen LogP contribution in [0.25, 0.3) is 0 Å². The van der Waals surface area contributed by atoms with E-state index in [1.54, 1.807) is 13.0 Å². The molecule has 0 aromatic heterocycles. The molecule has 0 aliphatic carbocycles. The van der Waals surface area contributed by atoms with Crippen molar-refractivity contribution in [3.05, 3.63) is 54.3 Å². The van der Waals surface area contributed by atoms with Crippen LogP contribution in [0.3, 0.4) is 0 Å². The fourth-order valence-electron chi connectivity index (χ4n) is 2.94. The lowest BCUT2D eigenvalue weighted by molar-refractivity contribution is -0.129. The van der Waals surface area contributed by atoms with Crippen LogP contribution in [0, 0.1) is 5.82 Å². The van der Waals surface area contributed by atoms with Gasteiger partial charge >= 0.3 is 0 Å². The summed E-state index contributed by atoms with van der Waals surface area (Å²) in [6, 6.07) is 13.2. The van der Waals surface area contributed by atoms with E-state index in [-0.39, 0.29) is 18.4 Å². The standard InChI is InChI=1S/C20H22FN3O3/c1-15(25)23-9-11-24(12-10-23)18-5-7-19(8-6-18)27-14-20(26)22-17-4-2-3-16(21)13-17/h2-8,13H,9-12,14H2,1H3,(H,22,26). The quantitative estimate of drug-likeness (QED) is 0.877. The minimum absolute atomic E-state index is 0.106. The molecule has 1 saturated heterocycles. The molecule has 7 heteroatoms. The van der Waals surface area contributed by atoms with Crippen molar-refractivity contribution >= 4 is 23.2 Å². The van der Waals surface area contributed by atoms with Crippen LogP contribution in [0.15, 0.2) is 48.5 Å². The van der Waals surface area contributed by atoms with Crippen molar-refractivity contribution in [1.29, 1.82) is 0 Å². The van der Waals surface area contributed by atoms with Gasteiger partial charge in [-0.05, 0) is 42.5 Å². The van der Waals surface area contributed by atoms with Gasteiger partial charge in [-0.1, -0.05) is 6.07 Å². The molecule has 1 aliphatic heterocycles. The van der Waals surface area contributed by atoms with Gasteiger partial charge in [0.15, 0.2) is 6.61 Å². The smallest absolute Gasteiger partial charge is 0.262 e. The van der Waals surface area contributed by atoms with Crippen LogP contribution in [0.4, 0.5) is 15.8 Å². The molecule has 3 rings (SSSR count). The molecule has 2 aromatic rings. The maximum absolute atomic E-state index is 13.1. The summed E-state index contributed by atoms with van der Waals surface area (Å²) in [4.78, 5) is 27.3. The zero-order valence-corrected chi connectivity index (χ0v) is 15.2. The lowest BCUT2D eigenvalue weighted by Gasteiger charge is -2.35. The molecule has 142 valence electrons. The number of benzene rings is 2. The molecular weight excluding hydrogens is 349 g/mol. The molecule has 1 aliphatic rings. The van der Waals surface area contributed by atoms with E-state index in [1.165, 1.54) is 18.2 Å². The Hall–Kier alpha value is -3.09. The molecule has 2 aromatic carbocycles. The Balaban J connectivity index is 1.48. The van der Waals surface area contributed by atoms with Crippen LogP contribution in [-0.2, 0) is 9.59 Å². The van der Waals surface area contributed by atoms with E-state index in [1.807, 2.05) is 29.2 Å². The Labute approximate surface area is 157 Å². The second kappa shape index (κ2) is 8.53. The third kappa shape index (κ3) is 5.20. The van der Waals surface area contributed by atoms with E-state index in [2.05, 4.69) is 10.2 Å². The number of rotatable bonds is 5. The van der Waals surface area contributed by atoms with E-state index in [0.717, 1.165) is 18.8 Å². The Morgan fingerprint density at radius 2 is 1.78 bits per heavy atom. The van der Waals surface area contributed by atoms with Gasteiger partial charge in [-0.2, -0.15) is 0 Å². The van der Waals surface area contributed by atoms with Gasteiger partial charge in [0.2, 0.25) is 5.91 Å². The normalized spacial score (nSPS) is 14.0. The summed E-state index contributed by atoms with van der Waals surface area (Å²) in [5, 5.41) is 2.58. The molecule has 0 radical (unpaired) electrons. The predicted octanol–water partition coefficient (Wildman–Crippen LogP) is 2.51. The molecule has 0 bridgehead atoms. The van der Waals surface area contributed by atoms with E-state index >= 15 is 0 Å². The van der Waals surface area contributed by atoms with Crippen LogP contribution in [0.5, 0.6) is 5.75 Å². The van der Waals surface area contributed by atoms with Gasteiger partial charge < -0.3 is 19.9 Å². The summed E-state index contributed by atoms with van der Waals surface area (Å²) in [5.41, 5.74) is 1.44. The van der Waals surface area contributed by atoms with Crippen LogP contribution >= 0.6 is 0 Å². The number of halogens is 1. The van der Waals surface area contributed by atoms with Gasteiger partial charge in [0.25, 0.3) is 5.91 Å². The van der Waals surface area contributed by atoms with Crippen molar-refractivity contribution in [3.8, 4) is 5.75 Å². The maximum Gasteiger partial charge on any atom is 0.262 e. The van der Waals surface area contributed by atoms with E-state index in [4.69, 9.17) is 4.74 Å². The van der Waals surface area contributed by atoms with Crippen LogP contribution in [0.1, 0.15) is 6.92 Å². The third-order valence-corrected chi connectivity index (χ3v) is 4.41. The largest absolute Gasteiger partial charge is 0.484 e. The lowest BCUT2D eigenvalue weighted by Crippen LogP contribution is -2.48. The number of hydrogen-bond donors (Lipinski definition) is 1. The van der Waals surface area contributed by atoms with Crippen molar-refractivity contribution in [3.63, 3.8) is 0 Å². The number of ether oxygens (including phenoxy) is 1. The van der Waals surface area contributed by atoms with E-state index in [9.17, 15) is 14.0 Å². The SMILES string of the molecule is CC(=O)N1CCN(c2ccc(OCC(=O)Nc3cccc(F)c3)cc2)CC1. The highest BCUT2D eigenvalue weighted by atomic mass is 19.1. The summed E-state index contributed by atoms with van der Waals surface area (Å²) < 4.78 is 18.6. The van der Waals surface area contributed by atoms with Gasteiger partial charge in [-0.3, -0.25) is 9.59 Å². The van der Waals surface area contributed by atoms with Crippen molar-refractivity contribution < 1.29 is 18.7 Å². The molecule has 0 spiro atoms. The van der Waals surface area contributed by atoms with Crippen molar-refractivity contribution in [2.75, 3.05) is 43.0 Å². The molecule has 0 unspecified atom stereocenters. The molecule has 0 atom stereocenters. The van der Waals surface area contributed by atoms with E-state index in [0.29, 0.717) is 24.5 Å².